The second-order valence-electron chi connectivity index (χ2n) is 5.65. The van der Waals surface area contributed by atoms with Crippen LogP contribution in [-0.2, 0) is 22.4 Å². The normalized spacial score (nSPS) is 13.6. The standard InChI is InChI=1S/C18H18N2O3/c1-20-15-8-7-14(10-12(15)6-9-18(20)23)19-17(22)11-13-4-2-3-5-16(13)21/h2-5,7-8,10,21H,6,9,11H2,1H3,(H,19,22). The van der Waals surface area contributed by atoms with Crippen molar-refractivity contribution >= 4 is 23.2 Å². The number of hydrogen-bond donors (Lipinski definition) is 2. The van der Waals surface area contributed by atoms with Gasteiger partial charge < -0.3 is 15.3 Å². The number of aryl methyl sites for hydroxylation is 1. The molecule has 0 aliphatic carbocycles. The minimum atomic E-state index is -0.188. The van der Waals surface area contributed by atoms with Crippen LogP contribution >= 0.6 is 0 Å². The van der Waals surface area contributed by atoms with Crippen LogP contribution in [0.5, 0.6) is 5.75 Å². The van der Waals surface area contributed by atoms with Gasteiger partial charge in [0.05, 0.1) is 6.42 Å². The van der Waals surface area contributed by atoms with Gasteiger partial charge in [-0.1, -0.05) is 18.2 Å². The van der Waals surface area contributed by atoms with Gasteiger partial charge in [-0.25, -0.2) is 0 Å². The Morgan fingerprint density at radius 3 is 2.78 bits per heavy atom. The minimum absolute atomic E-state index is 0.105. The van der Waals surface area contributed by atoms with Gasteiger partial charge in [0, 0.05) is 30.4 Å². The van der Waals surface area contributed by atoms with Crippen LogP contribution < -0.4 is 10.2 Å². The molecule has 0 fully saturated rings. The second kappa shape index (κ2) is 6.12. The summed E-state index contributed by atoms with van der Waals surface area (Å²) in [5.41, 5.74) is 3.23. The Hall–Kier alpha value is -2.82. The lowest BCUT2D eigenvalue weighted by Gasteiger charge is -2.26. The number of carbonyl (C=O) groups is 2. The third-order valence-corrected chi connectivity index (χ3v) is 4.05. The third kappa shape index (κ3) is 3.18. The predicted octanol–water partition coefficient (Wildman–Crippen LogP) is 2.48. The Balaban J connectivity index is 1.72. The molecule has 2 amide bonds. The molecule has 2 aromatic rings. The highest BCUT2D eigenvalue weighted by Crippen LogP contribution is 2.29. The second-order valence-corrected chi connectivity index (χ2v) is 5.65. The maximum absolute atomic E-state index is 12.1. The van der Waals surface area contributed by atoms with Crippen molar-refractivity contribution in [1.29, 1.82) is 0 Å². The van der Waals surface area contributed by atoms with Crippen LogP contribution in [-0.4, -0.2) is 24.0 Å². The van der Waals surface area contributed by atoms with E-state index in [1.54, 1.807) is 42.3 Å². The van der Waals surface area contributed by atoms with E-state index in [4.69, 9.17) is 0 Å². The lowest BCUT2D eigenvalue weighted by Crippen LogP contribution is -2.31. The largest absolute Gasteiger partial charge is 0.508 e. The summed E-state index contributed by atoms with van der Waals surface area (Å²) >= 11 is 0. The molecule has 3 rings (SSSR count). The summed E-state index contributed by atoms with van der Waals surface area (Å²) in [4.78, 5) is 25.5. The van der Waals surface area contributed by atoms with E-state index in [1.807, 2.05) is 12.1 Å². The number of anilines is 2. The van der Waals surface area contributed by atoms with Crippen LogP contribution in [0.15, 0.2) is 42.5 Å². The van der Waals surface area contributed by atoms with Crippen LogP contribution in [0, 0.1) is 0 Å². The number of fused-ring (bicyclic) bond motifs is 1. The first kappa shape index (κ1) is 15.1. The number of nitrogens with one attached hydrogen (secondary N) is 1. The smallest absolute Gasteiger partial charge is 0.228 e. The van der Waals surface area contributed by atoms with Crippen molar-refractivity contribution in [2.75, 3.05) is 17.3 Å². The maximum Gasteiger partial charge on any atom is 0.228 e. The van der Waals surface area contributed by atoms with Crippen LogP contribution in [0.1, 0.15) is 17.5 Å². The van der Waals surface area contributed by atoms with Gasteiger partial charge in [0.2, 0.25) is 11.8 Å². The number of amides is 2. The predicted molar refractivity (Wildman–Crippen MR) is 88.6 cm³/mol. The molecule has 0 saturated heterocycles. The lowest BCUT2D eigenvalue weighted by atomic mass is 10.0. The van der Waals surface area contributed by atoms with Crippen molar-refractivity contribution in [2.24, 2.45) is 0 Å². The molecule has 1 aliphatic heterocycles. The molecule has 5 heteroatoms. The van der Waals surface area contributed by atoms with E-state index in [2.05, 4.69) is 5.32 Å². The fourth-order valence-electron chi connectivity index (χ4n) is 2.77. The van der Waals surface area contributed by atoms with Crippen molar-refractivity contribution in [3.8, 4) is 5.75 Å². The molecule has 2 aromatic carbocycles. The van der Waals surface area contributed by atoms with Gasteiger partial charge in [-0.05, 0) is 36.2 Å². The molecular formula is C18H18N2O3. The summed E-state index contributed by atoms with van der Waals surface area (Å²) in [5, 5.41) is 12.6. The van der Waals surface area contributed by atoms with Gasteiger partial charge in [0.25, 0.3) is 0 Å². The van der Waals surface area contributed by atoms with Crippen molar-refractivity contribution in [1.82, 2.24) is 0 Å². The summed E-state index contributed by atoms with van der Waals surface area (Å²) in [6.45, 7) is 0. The Kier molecular flexibility index (Phi) is 4.02. The molecule has 0 spiro atoms. The first-order valence-electron chi connectivity index (χ1n) is 7.51. The number of rotatable bonds is 3. The zero-order chi connectivity index (χ0) is 16.4. The molecule has 5 nitrogen and oxygen atoms in total. The number of hydrogen-bond acceptors (Lipinski definition) is 3. The minimum Gasteiger partial charge on any atom is -0.508 e. The van der Waals surface area contributed by atoms with E-state index in [9.17, 15) is 14.7 Å². The molecule has 0 unspecified atom stereocenters. The molecule has 0 saturated carbocycles. The number of aromatic hydroxyl groups is 1. The molecule has 1 aliphatic rings. The summed E-state index contributed by atoms with van der Waals surface area (Å²) in [5.74, 6) is 0.0359. The number of phenolic OH excluding ortho intramolecular Hbond substituents is 1. The van der Waals surface area contributed by atoms with Crippen molar-refractivity contribution in [3.05, 3.63) is 53.6 Å². The average molecular weight is 310 g/mol. The summed E-state index contributed by atoms with van der Waals surface area (Å²) in [6, 6.07) is 12.3. The van der Waals surface area contributed by atoms with Gasteiger partial charge in [-0.15, -0.1) is 0 Å². The van der Waals surface area contributed by atoms with Gasteiger partial charge in [0.15, 0.2) is 0 Å². The van der Waals surface area contributed by atoms with E-state index >= 15 is 0 Å². The average Bonchev–Trinajstić information content (AvgIpc) is 2.53. The molecule has 1 heterocycles. The van der Waals surface area contributed by atoms with Crippen LogP contribution in [0.3, 0.4) is 0 Å². The van der Waals surface area contributed by atoms with E-state index in [0.717, 1.165) is 11.3 Å². The first-order chi connectivity index (χ1) is 11.0. The number of benzene rings is 2. The number of phenols is 1. The Morgan fingerprint density at radius 2 is 2.00 bits per heavy atom. The number of carbonyl (C=O) groups excluding carboxylic acids is 2. The van der Waals surface area contributed by atoms with E-state index < -0.39 is 0 Å². The SMILES string of the molecule is CN1C(=O)CCc2cc(NC(=O)Cc3ccccc3O)ccc21. The topological polar surface area (TPSA) is 69.6 Å². The number of para-hydroxylation sites is 1. The summed E-state index contributed by atoms with van der Waals surface area (Å²) < 4.78 is 0. The first-order valence-corrected chi connectivity index (χ1v) is 7.51. The Labute approximate surface area is 134 Å². The fraction of sp³-hybridized carbons (Fsp3) is 0.222. The molecule has 0 radical (unpaired) electrons. The monoisotopic (exact) mass is 310 g/mol. The molecule has 23 heavy (non-hydrogen) atoms. The molecule has 118 valence electrons. The molecule has 0 atom stereocenters. The van der Waals surface area contributed by atoms with E-state index in [0.29, 0.717) is 24.1 Å². The third-order valence-electron chi connectivity index (χ3n) is 4.05. The molecule has 0 bridgehead atoms. The highest BCUT2D eigenvalue weighted by Gasteiger charge is 2.21. The van der Waals surface area contributed by atoms with Crippen LogP contribution in [0.2, 0.25) is 0 Å². The zero-order valence-electron chi connectivity index (χ0n) is 12.9. The van der Waals surface area contributed by atoms with Gasteiger partial charge in [-0.2, -0.15) is 0 Å². The molecular weight excluding hydrogens is 292 g/mol. The molecule has 0 aromatic heterocycles. The Bertz CT molecular complexity index is 771. The van der Waals surface area contributed by atoms with E-state index in [-0.39, 0.29) is 24.0 Å². The lowest BCUT2D eigenvalue weighted by molar-refractivity contribution is -0.118. The van der Waals surface area contributed by atoms with Crippen LogP contribution in [0.4, 0.5) is 11.4 Å². The van der Waals surface area contributed by atoms with Crippen molar-refractivity contribution in [2.45, 2.75) is 19.3 Å². The van der Waals surface area contributed by atoms with Gasteiger partial charge >= 0.3 is 0 Å². The zero-order valence-corrected chi connectivity index (χ0v) is 12.9. The quantitative estimate of drug-likeness (QED) is 0.915. The fourth-order valence-corrected chi connectivity index (χ4v) is 2.77. The summed E-state index contributed by atoms with van der Waals surface area (Å²) in [6.07, 6.45) is 1.28. The van der Waals surface area contributed by atoms with E-state index in [1.165, 1.54) is 0 Å². The number of nitrogens with zero attached hydrogens (tertiary/aromatic N) is 1. The maximum atomic E-state index is 12.1. The highest BCUT2D eigenvalue weighted by molar-refractivity contribution is 5.97. The van der Waals surface area contributed by atoms with Crippen molar-refractivity contribution in [3.63, 3.8) is 0 Å². The van der Waals surface area contributed by atoms with Gasteiger partial charge in [0.1, 0.15) is 5.75 Å². The van der Waals surface area contributed by atoms with Crippen LogP contribution in [0.25, 0.3) is 0 Å². The summed E-state index contributed by atoms with van der Waals surface area (Å²) in [7, 11) is 1.76. The molecule has 2 N–H and O–H groups in total. The van der Waals surface area contributed by atoms with Crippen molar-refractivity contribution < 1.29 is 14.7 Å². The highest BCUT2D eigenvalue weighted by atomic mass is 16.3. The Morgan fingerprint density at radius 1 is 1.22 bits per heavy atom. The van der Waals surface area contributed by atoms with Gasteiger partial charge in [-0.3, -0.25) is 9.59 Å².